The highest BCUT2D eigenvalue weighted by atomic mass is 16.6. The fourth-order valence-electron chi connectivity index (χ4n) is 3.48. The van der Waals surface area contributed by atoms with Crippen LogP contribution in [0.2, 0.25) is 0 Å². The number of carbonyl (C=O) groups excluding carboxylic acids is 1. The van der Waals surface area contributed by atoms with Crippen molar-refractivity contribution in [1.29, 1.82) is 0 Å². The fourth-order valence-corrected chi connectivity index (χ4v) is 3.48. The molecule has 0 unspecified atom stereocenters. The van der Waals surface area contributed by atoms with E-state index >= 15 is 0 Å². The summed E-state index contributed by atoms with van der Waals surface area (Å²) in [4.78, 5) is 14.4. The zero-order valence-electron chi connectivity index (χ0n) is 16.1. The van der Waals surface area contributed by atoms with Crippen LogP contribution in [-0.4, -0.2) is 59.0 Å². The quantitative estimate of drug-likeness (QED) is 0.716. The predicted octanol–water partition coefficient (Wildman–Crippen LogP) is 2.59. The molecule has 0 aromatic carbocycles. The van der Waals surface area contributed by atoms with Gasteiger partial charge in [0.25, 0.3) is 0 Å². The summed E-state index contributed by atoms with van der Waals surface area (Å²) < 4.78 is 5.54. The zero-order chi connectivity index (χ0) is 18.3. The molecular formula is C19H37NO4. The Labute approximate surface area is 147 Å². The molecule has 142 valence electrons. The van der Waals surface area contributed by atoms with Crippen LogP contribution in [0.15, 0.2) is 0 Å². The fraction of sp³-hybridized carbons (Fsp3) is 0.947. The molecule has 24 heavy (non-hydrogen) atoms. The third-order valence-electron chi connectivity index (χ3n) is 5.46. The number of hydrogen-bond acceptors (Lipinski definition) is 5. The van der Waals surface area contributed by atoms with E-state index < -0.39 is 18.3 Å². The topological polar surface area (TPSA) is 70.0 Å². The Hall–Kier alpha value is -0.650. The Kier molecular flexibility index (Phi) is 9.24. The van der Waals surface area contributed by atoms with Crippen LogP contribution in [0.3, 0.4) is 0 Å². The molecule has 5 nitrogen and oxygen atoms in total. The average molecular weight is 344 g/mol. The van der Waals surface area contributed by atoms with Gasteiger partial charge in [-0.1, -0.05) is 40.0 Å². The number of likely N-dealkylation sites (N-methyl/N-ethyl adjacent to an activating group) is 1. The zero-order valence-corrected chi connectivity index (χ0v) is 16.1. The van der Waals surface area contributed by atoms with E-state index in [1.807, 2.05) is 27.8 Å². The van der Waals surface area contributed by atoms with Gasteiger partial charge in [-0.15, -0.1) is 0 Å². The van der Waals surface area contributed by atoms with Crippen LogP contribution in [-0.2, 0) is 9.53 Å². The molecule has 0 bridgehead atoms. The normalized spacial score (nSPS) is 38.9. The molecule has 1 heterocycles. The first-order valence-electron chi connectivity index (χ1n) is 9.54. The third kappa shape index (κ3) is 6.34. The minimum Gasteiger partial charge on any atom is -0.459 e. The molecule has 1 rings (SSSR count). The first-order chi connectivity index (χ1) is 11.3. The SMILES string of the molecule is CC[C@H]1OC(=O)[C@H](C)C[C@H](C)CCCCCN(C)[C@H](C)[C@@H](O)[C@@H]1O. The van der Waals surface area contributed by atoms with E-state index in [1.54, 1.807) is 0 Å². The van der Waals surface area contributed by atoms with Crippen molar-refractivity contribution in [3.63, 3.8) is 0 Å². The van der Waals surface area contributed by atoms with Crippen LogP contribution in [0.4, 0.5) is 0 Å². The lowest BCUT2D eigenvalue weighted by Crippen LogP contribution is -2.50. The monoisotopic (exact) mass is 343 g/mol. The molecule has 0 radical (unpaired) electrons. The Bertz CT molecular complexity index is 376. The van der Waals surface area contributed by atoms with E-state index in [0.717, 1.165) is 38.6 Å². The van der Waals surface area contributed by atoms with Crippen molar-refractivity contribution in [1.82, 2.24) is 4.90 Å². The van der Waals surface area contributed by atoms with E-state index in [1.165, 1.54) is 0 Å². The maximum absolute atomic E-state index is 12.3. The van der Waals surface area contributed by atoms with Crippen LogP contribution in [0.25, 0.3) is 0 Å². The van der Waals surface area contributed by atoms with Gasteiger partial charge >= 0.3 is 5.97 Å². The summed E-state index contributed by atoms with van der Waals surface area (Å²) in [6.07, 6.45) is 3.15. The first kappa shape index (κ1) is 21.4. The van der Waals surface area contributed by atoms with Crippen LogP contribution in [0.1, 0.15) is 66.2 Å². The average Bonchev–Trinajstić information content (AvgIpc) is 2.56. The molecular weight excluding hydrogens is 306 g/mol. The van der Waals surface area contributed by atoms with Crippen molar-refractivity contribution < 1.29 is 19.7 Å². The number of esters is 1. The first-order valence-corrected chi connectivity index (χ1v) is 9.54. The van der Waals surface area contributed by atoms with Gasteiger partial charge in [-0.3, -0.25) is 4.79 Å². The number of nitrogens with zero attached hydrogens (tertiary/aromatic N) is 1. The number of carbonyl (C=O) groups is 1. The maximum atomic E-state index is 12.3. The number of hydrogen-bond donors (Lipinski definition) is 2. The van der Waals surface area contributed by atoms with Crippen LogP contribution < -0.4 is 0 Å². The molecule has 2 N–H and O–H groups in total. The highest BCUT2D eigenvalue weighted by Crippen LogP contribution is 2.22. The van der Waals surface area contributed by atoms with Gasteiger partial charge in [0.15, 0.2) is 0 Å². The van der Waals surface area contributed by atoms with E-state index in [0.29, 0.717) is 12.3 Å². The minimum atomic E-state index is -1.06. The molecule has 1 aliphatic rings. The predicted molar refractivity (Wildman–Crippen MR) is 95.7 cm³/mol. The lowest BCUT2D eigenvalue weighted by Gasteiger charge is -2.34. The van der Waals surface area contributed by atoms with Crippen molar-refractivity contribution in [2.24, 2.45) is 11.8 Å². The Morgan fingerprint density at radius 3 is 2.42 bits per heavy atom. The molecule has 1 aliphatic heterocycles. The van der Waals surface area contributed by atoms with Gasteiger partial charge in [-0.2, -0.15) is 0 Å². The van der Waals surface area contributed by atoms with Crippen molar-refractivity contribution in [3.8, 4) is 0 Å². The van der Waals surface area contributed by atoms with Crippen LogP contribution >= 0.6 is 0 Å². The molecule has 0 amide bonds. The molecule has 1 fully saturated rings. The summed E-state index contributed by atoms with van der Waals surface area (Å²) in [7, 11) is 1.97. The molecule has 0 aromatic rings. The molecule has 0 aromatic heterocycles. The second-order valence-electron chi connectivity index (χ2n) is 7.68. The smallest absolute Gasteiger partial charge is 0.309 e. The third-order valence-corrected chi connectivity index (χ3v) is 5.46. The summed E-state index contributed by atoms with van der Waals surface area (Å²) in [6, 6.07) is -0.186. The number of rotatable bonds is 1. The van der Waals surface area contributed by atoms with E-state index in [2.05, 4.69) is 11.8 Å². The summed E-state index contributed by atoms with van der Waals surface area (Å²) in [5.74, 6) is 0.0457. The molecule has 1 saturated heterocycles. The van der Waals surface area contributed by atoms with Crippen molar-refractivity contribution >= 4 is 5.97 Å². The van der Waals surface area contributed by atoms with Gasteiger partial charge in [0.2, 0.25) is 0 Å². The van der Waals surface area contributed by atoms with Gasteiger partial charge in [0.1, 0.15) is 12.2 Å². The lowest BCUT2D eigenvalue weighted by molar-refractivity contribution is -0.167. The molecule has 0 spiro atoms. The molecule has 6 atom stereocenters. The Morgan fingerprint density at radius 2 is 1.79 bits per heavy atom. The maximum Gasteiger partial charge on any atom is 0.309 e. The Balaban J connectivity index is 2.87. The number of aliphatic hydroxyl groups is 2. The minimum absolute atomic E-state index is 0.177. The van der Waals surface area contributed by atoms with Gasteiger partial charge in [0.05, 0.1) is 12.0 Å². The second-order valence-corrected chi connectivity index (χ2v) is 7.68. The van der Waals surface area contributed by atoms with Crippen LogP contribution in [0.5, 0.6) is 0 Å². The van der Waals surface area contributed by atoms with Gasteiger partial charge < -0.3 is 19.8 Å². The summed E-state index contributed by atoms with van der Waals surface area (Å²) in [5, 5.41) is 21.0. The van der Waals surface area contributed by atoms with Crippen molar-refractivity contribution in [2.75, 3.05) is 13.6 Å². The van der Waals surface area contributed by atoms with Gasteiger partial charge in [0, 0.05) is 6.04 Å². The van der Waals surface area contributed by atoms with E-state index in [-0.39, 0.29) is 17.9 Å². The second kappa shape index (κ2) is 10.4. The summed E-state index contributed by atoms with van der Waals surface area (Å²) >= 11 is 0. The number of cyclic esters (lactones) is 1. The summed E-state index contributed by atoms with van der Waals surface area (Å²) in [5.41, 5.74) is 0. The Morgan fingerprint density at radius 1 is 1.12 bits per heavy atom. The molecule has 5 heteroatoms. The highest BCUT2D eigenvalue weighted by molar-refractivity contribution is 5.72. The standard InChI is InChI=1S/C19H37NO4/c1-6-16-18(22)17(21)15(4)20(5)11-9-7-8-10-13(2)12-14(3)19(23)24-16/h13-18,21-22H,6-12H2,1-5H3/t13-,14-,15-,16-,17-,18-/m1/s1. The van der Waals surface area contributed by atoms with Crippen molar-refractivity contribution in [2.45, 2.75) is 90.6 Å². The number of ether oxygens (including phenoxy) is 1. The highest BCUT2D eigenvalue weighted by Gasteiger charge is 2.34. The van der Waals surface area contributed by atoms with Crippen molar-refractivity contribution in [3.05, 3.63) is 0 Å². The molecule has 0 aliphatic carbocycles. The molecule has 0 saturated carbocycles. The van der Waals surface area contributed by atoms with Gasteiger partial charge in [-0.25, -0.2) is 0 Å². The number of aliphatic hydroxyl groups excluding tert-OH is 2. The summed E-state index contributed by atoms with van der Waals surface area (Å²) in [6.45, 7) is 8.75. The van der Waals surface area contributed by atoms with E-state index in [9.17, 15) is 15.0 Å². The van der Waals surface area contributed by atoms with E-state index in [4.69, 9.17) is 4.74 Å². The van der Waals surface area contributed by atoms with Crippen LogP contribution in [0, 0.1) is 11.8 Å². The largest absolute Gasteiger partial charge is 0.459 e. The van der Waals surface area contributed by atoms with Gasteiger partial charge in [-0.05, 0) is 45.7 Å². The lowest BCUT2D eigenvalue weighted by atomic mass is 9.92.